The number of nitrogens with two attached hydrogens (primary N) is 1. The average Bonchev–Trinajstić information content (AvgIpc) is 2.04. The minimum absolute atomic E-state index is 0.244. The molecule has 3 N–H and O–H groups in total. The summed E-state index contributed by atoms with van der Waals surface area (Å²) in [4.78, 5) is 15.3. The van der Waals surface area contributed by atoms with Crippen molar-refractivity contribution in [2.75, 3.05) is 5.32 Å². The standard InChI is InChI=1S/C9H13N3O/c1-9(2,10)8(13)12-7-5-3-4-6-11-7/h3-6H,10H2,1-2H3,(H,11,12,13). The van der Waals surface area contributed by atoms with Crippen molar-refractivity contribution in [2.45, 2.75) is 19.4 Å². The second kappa shape index (κ2) is 3.53. The minimum atomic E-state index is -0.877. The van der Waals surface area contributed by atoms with E-state index in [9.17, 15) is 4.79 Å². The molecule has 0 aromatic carbocycles. The van der Waals surface area contributed by atoms with E-state index in [0.29, 0.717) is 5.82 Å². The Labute approximate surface area is 77.2 Å². The summed E-state index contributed by atoms with van der Waals surface area (Å²) in [6, 6.07) is 5.29. The second-order valence-electron chi connectivity index (χ2n) is 3.39. The number of hydrogen-bond donors (Lipinski definition) is 2. The zero-order valence-corrected chi connectivity index (χ0v) is 7.74. The summed E-state index contributed by atoms with van der Waals surface area (Å²) in [7, 11) is 0. The Bertz CT molecular complexity index is 289. The Morgan fingerprint density at radius 1 is 1.54 bits per heavy atom. The Hall–Kier alpha value is -1.42. The number of aromatic nitrogens is 1. The van der Waals surface area contributed by atoms with Crippen LogP contribution in [0.5, 0.6) is 0 Å². The molecule has 4 nitrogen and oxygen atoms in total. The van der Waals surface area contributed by atoms with Crippen molar-refractivity contribution in [2.24, 2.45) is 5.73 Å². The molecular formula is C9H13N3O. The van der Waals surface area contributed by atoms with E-state index in [1.807, 2.05) is 0 Å². The number of carbonyl (C=O) groups excluding carboxylic acids is 1. The number of anilines is 1. The first-order valence-electron chi connectivity index (χ1n) is 4.01. The highest BCUT2D eigenvalue weighted by Gasteiger charge is 2.21. The molecular weight excluding hydrogens is 166 g/mol. The largest absolute Gasteiger partial charge is 0.318 e. The van der Waals surface area contributed by atoms with Crippen LogP contribution in [-0.4, -0.2) is 16.4 Å². The first-order valence-corrected chi connectivity index (χ1v) is 4.01. The summed E-state index contributed by atoms with van der Waals surface area (Å²) in [5.74, 6) is 0.275. The van der Waals surface area contributed by atoms with Crippen LogP contribution in [0.4, 0.5) is 5.82 Å². The molecule has 0 fully saturated rings. The Kier molecular flexibility index (Phi) is 2.63. The topological polar surface area (TPSA) is 68.0 Å². The third-order valence-corrected chi connectivity index (χ3v) is 1.49. The third kappa shape index (κ3) is 2.83. The van der Waals surface area contributed by atoms with Gasteiger partial charge in [-0.3, -0.25) is 4.79 Å². The van der Waals surface area contributed by atoms with Crippen LogP contribution in [0.1, 0.15) is 13.8 Å². The summed E-state index contributed by atoms with van der Waals surface area (Å²) >= 11 is 0. The van der Waals surface area contributed by atoms with Crippen molar-refractivity contribution in [3.05, 3.63) is 24.4 Å². The molecule has 1 aromatic rings. The lowest BCUT2D eigenvalue weighted by Gasteiger charge is -2.16. The summed E-state index contributed by atoms with van der Waals surface area (Å²) in [6.45, 7) is 3.29. The zero-order valence-electron chi connectivity index (χ0n) is 7.74. The van der Waals surface area contributed by atoms with Crippen molar-refractivity contribution >= 4 is 11.7 Å². The molecule has 0 spiro atoms. The van der Waals surface area contributed by atoms with E-state index >= 15 is 0 Å². The summed E-state index contributed by atoms with van der Waals surface area (Å²) in [6.07, 6.45) is 1.61. The van der Waals surface area contributed by atoms with E-state index in [-0.39, 0.29) is 5.91 Å². The fourth-order valence-electron chi connectivity index (χ4n) is 0.714. The number of nitrogens with zero attached hydrogens (tertiary/aromatic N) is 1. The molecule has 13 heavy (non-hydrogen) atoms. The maximum atomic E-state index is 11.4. The van der Waals surface area contributed by atoms with Gasteiger partial charge in [0, 0.05) is 6.20 Å². The van der Waals surface area contributed by atoms with Crippen LogP contribution >= 0.6 is 0 Å². The van der Waals surface area contributed by atoms with Crippen molar-refractivity contribution < 1.29 is 4.79 Å². The number of nitrogens with one attached hydrogen (secondary N) is 1. The van der Waals surface area contributed by atoms with Gasteiger partial charge in [0.2, 0.25) is 5.91 Å². The maximum absolute atomic E-state index is 11.4. The van der Waals surface area contributed by atoms with E-state index in [4.69, 9.17) is 5.73 Å². The van der Waals surface area contributed by atoms with Gasteiger partial charge in [0.25, 0.3) is 0 Å². The second-order valence-corrected chi connectivity index (χ2v) is 3.39. The highest BCUT2D eigenvalue weighted by molar-refractivity contribution is 5.96. The summed E-state index contributed by atoms with van der Waals surface area (Å²) in [5, 5.41) is 2.61. The average molecular weight is 179 g/mol. The molecule has 1 aromatic heterocycles. The lowest BCUT2D eigenvalue weighted by Crippen LogP contribution is -2.45. The first kappa shape index (κ1) is 9.67. The Morgan fingerprint density at radius 3 is 2.69 bits per heavy atom. The zero-order chi connectivity index (χ0) is 9.90. The van der Waals surface area contributed by atoms with Crippen molar-refractivity contribution in [3.8, 4) is 0 Å². The molecule has 0 aliphatic carbocycles. The summed E-state index contributed by atoms with van der Waals surface area (Å²) < 4.78 is 0. The molecule has 0 saturated heterocycles. The Balaban J connectivity index is 2.66. The van der Waals surface area contributed by atoms with Crippen LogP contribution in [0.25, 0.3) is 0 Å². The summed E-state index contributed by atoms with van der Waals surface area (Å²) in [5.41, 5.74) is 4.71. The highest BCUT2D eigenvalue weighted by Crippen LogP contribution is 2.04. The number of hydrogen-bond acceptors (Lipinski definition) is 3. The molecule has 0 radical (unpaired) electrons. The molecule has 1 rings (SSSR count). The van der Waals surface area contributed by atoms with Gasteiger partial charge in [-0.25, -0.2) is 4.98 Å². The first-order chi connectivity index (χ1) is 6.00. The quantitative estimate of drug-likeness (QED) is 0.704. The third-order valence-electron chi connectivity index (χ3n) is 1.49. The number of carbonyl (C=O) groups is 1. The van der Waals surface area contributed by atoms with Gasteiger partial charge in [-0.2, -0.15) is 0 Å². The molecule has 0 saturated carbocycles. The van der Waals surface area contributed by atoms with Gasteiger partial charge in [0.1, 0.15) is 5.82 Å². The lowest BCUT2D eigenvalue weighted by molar-refractivity contribution is -0.120. The van der Waals surface area contributed by atoms with Crippen molar-refractivity contribution in [1.82, 2.24) is 4.98 Å². The van der Waals surface area contributed by atoms with Crippen LogP contribution in [0.15, 0.2) is 24.4 Å². The van der Waals surface area contributed by atoms with Crippen LogP contribution in [0.2, 0.25) is 0 Å². The van der Waals surface area contributed by atoms with Gasteiger partial charge < -0.3 is 11.1 Å². The normalized spacial score (nSPS) is 11.0. The van der Waals surface area contributed by atoms with Gasteiger partial charge in [-0.05, 0) is 26.0 Å². The monoisotopic (exact) mass is 179 g/mol. The predicted molar refractivity (Wildman–Crippen MR) is 51.1 cm³/mol. The van der Waals surface area contributed by atoms with E-state index in [1.165, 1.54) is 0 Å². The molecule has 4 heteroatoms. The molecule has 0 atom stereocenters. The van der Waals surface area contributed by atoms with E-state index < -0.39 is 5.54 Å². The number of rotatable bonds is 2. The van der Waals surface area contributed by atoms with Gasteiger partial charge in [-0.1, -0.05) is 6.07 Å². The predicted octanol–water partition coefficient (Wildman–Crippen LogP) is 0.757. The minimum Gasteiger partial charge on any atom is -0.318 e. The molecule has 70 valence electrons. The van der Waals surface area contributed by atoms with E-state index in [2.05, 4.69) is 10.3 Å². The molecule has 1 amide bonds. The van der Waals surface area contributed by atoms with Crippen LogP contribution in [0.3, 0.4) is 0 Å². The smallest absolute Gasteiger partial charge is 0.245 e. The van der Waals surface area contributed by atoms with Gasteiger partial charge in [0.15, 0.2) is 0 Å². The fourth-order valence-corrected chi connectivity index (χ4v) is 0.714. The number of amides is 1. The molecule has 0 aliphatic rings. The SMILES string of the molecule is CC(C)(N)C(=O)Nc1ccccn1. The maximum Gasteiger partial charge on any atom is 0.245 e. The fraction of sp³-hybridized carbons (Fsp3) is 0.333. The number of pyridine rings is 1. The van der Waals surface area contributed by atoms with E-state index in [0.717, 1.165) is 0 Å². The molecule has 0 bridgehead atoms. The van der Waals surface area contributed by atoms with Gasteiger partial charge >= 0.3 is 0 Å². The molecule has 0 unspecified atom stereocenters. The van der Waals surface area contributed by atoms with Crippen LogP contribution in [0, 0.1) is 0 Å². The molecule has 1 heterocycles. The molecule has 0 aliphatic heterocycles. The van der Waals surface area contributed by atoms with Gasteiger partial charge in [-0.15, -0.1) is 0 Å². The van der Waals surface area contributed by atoms with Crippen LogP contribution < -0.4 is 11.1 Å². The van der Waals surface area contributed by atoms with Crippen molar-refractivity contribution in [3.63, 3.8) is 0 Å². The highest BCUT2D eigenvalue weighted by atomic mass is 16.2. The van der Waals surface area contributed by atoms with E-state index in [1.54, 1.807) is 38.2 Å². The lowest BCUT2D eigenvalue weighted by atomic mass is 10.1. The van der Waals surface area contributed by atoms with Gasteiger partial charge in [0.05, 0.1) is 5.54 Å². The van der Waals surface area contributed by atoms with Crippen molar-refractivity contribution in [1.29, 1.82) is 0 Å². The Morgan fingerprint density at radius 2 is 2.23 bits per heavy atom. The van der Waals surface area contributed by atoms with Crippen LogP contribution in [-0.2, 0) is 4.79 Å².